The molecule has 0 bridgehead atoms. The third-order valence-electron chi connectivity index (χ3n) is 3.52. The van der Waals surface area contributed by atoms with Gasteiger partial charge < -0.3 is 18.9 Å². The SMILES string of the molecule is CCn1cc(Br)cc1C(=O)N(C)CCOc1ccc(OC)cc1. The molecule has 1 heterocycles. The normalized spacial score (nSPS) is 10.4. The fourth-order valence-corrected chi connectivity index (χ4v) is 2.65. The Bertz CT molecular complexity index is 652. The smallest absolute Gasteiger partial charge is 0.270 e. The molecule has 0 N–H and O–H groups in total. The summed E-state index contributed by atoms with van der Waals surface area (Å²) in [6, 6.07) is 9.22. The van der Waals surface area contributed by atoms with Crippen LogP contribution in [0.25, 0.3) is 0 Å². The molecule has 0 saturated heterocycles. The first kappa shape index (κ1) is 17.4. The second-order valence-electron chi connectivity index (χ2n) is 5.08. The number of carbonyl (C=O) groups excluding carboxylic acids is 1. The molecule has 0 aliphatic carbocycles. The quantitative estimate of drug-likeness (QED) is 0.738. The molecule has 0 saturated carbocycles. The standard InChI is InChI=1S/C17H21BrN2O3/c1-4-20-12-13(18)11-16(20)17(21)19(2)9-10-23-15-7-5-14(22-3)6-8-15/h5-8,11-12H,4,9-10H2,1-3H3. The van der Waals surface area contributed by atoms with Gasteiger partial charge in [-0.25, -0.2) is 0 Å². The van der Waals surface area contributed by atoms with E-state index >= 15 is 0 Å². The third kappa shape index (κ3) is 4.51. The minimum Gasteiger partial charge on any atom is -0.497 e. The van der Waals surface area contributed by atoms with Gasteiger partial charge in [-0.2, -0.15) is 0 Å². The average Bonchev–Trinajstić information content (AvgIpc) is 2.95. The Morgan fingerprint density at radius 1 is 1.26 bits per heavy atom. The topological polar surface area (TPSA) is 43.7 Å². The maximum atomic E-state index is 12.5. The highest BCUT2D eigenvalue weighted by atomic mass is 79.9. The molecule has 0 aliphatic heterocycles. The minimum atomic E-state index is -0.0177. The van der Waals surface area contributed by atoms with Gasteiger partial charge in [-0.3, -0.25) is 4.79 Å². The van der Waals surface area contributed by atoms with Gasteiger partial charge in [-0.1, -0.05) is 0 Å². The van der Waals surface area contributed by atoms with Crippen LogP contribution in [0.3, 0.4) is 0 Å². The van der Waals surface area contributed by atoms with E-state index in [4.69, 9.17) is 9.47 Å². The lowest BCUT2D eigenvalue weighted by molar-refractivity contribution is 0.0763. The Morgan fingerprint density at radius 3 is 2.52 bits per heavy atom. The van der Waals surface area contributed by atoms with Crippen LogP contribution in [0.15, 0.2) is 41.0 Å². The van der Waals surface area contributed by atoms with E-state index in [9.17, 15) is 4.79 Å². The predicted octanol–water partition coefficient (Wildman–Crippen LogP) is 3.43. The number of aromatic nitrogens is 1. The molecule has 0 radical (unpaired) electrons. The molecule has 2 aromatic rings. The number of benzene rings is 1. The summed E-state index contributed by atoms with van der Waals surface area (Å²) in [5, 5.41) is 0. The number of hydrogen-bond donors (Lipinski definition) is 0. The molecule has 124 valence electrons. The monoisotopic (exact) mass is 380 g/mol. The molecule has 0 aliphatic rings. The predicted molar refractivity (Wildman–Crippen MR) is 93.3 cm³/mol. The molecule has 0 unspecified atom stereocenters. The summed E-state index contributed by atoms with van der Waals surface area (Å²) in [7, 11) is 3.40. The lowest BCUT2D eigenvalue weighted by Gasteiger charge is -2.18. The molecule has 0 atom stereocenters. The Kier molecular flexibility index (Phi) is 6.10. The number of aryl methyl sites for hydroxylation is 1. The summed E-state index contributed by atoms with van der Waals surface area (Å²) in [5.41, 5.74) is 0.673. The molecule has 1 aromatic heterocycles. The van der Waals surface area contributed by atoms with Crippen molar-refractivity contribution in [1.82, 2.24) is 9.47 Å². The van der Waals surface area contributed by atoms with Crippen LogP contribution >= 0.6 is 15.9 Å². The van der Waals surface area contributed by atoms with E-state index in [1.165, 1.54) is 0 Å². The van der Waals surface area contributed by atoms with Crippen LogP contribution in [0.2, 0.25) is 0 Å². The summed E-state index contributed by atoms with van der Waals surface area (Å²) < 4.78 is 13.6. The summed E-state index contributed by atoms with van der Waals surface area (Å²) in [6.45, 7) is 3.71. The molecule has 0 spiro atoms. The van der Waals surface area contributed by atoms with E-state index in [1.54, 1.807) is 19.1 Å². The van der Waals surface area contributed by atoms with Crippen molar-refractivity contribution in [2.75, 3.05) is 27.3 Å². The van der Waals surface area contributed by atoms with E-state index in [0.29, 0.717) is 18.8 Å². The van der Waals surface area contributed by atoms with Gasteiger partial charge in [0.25, 0.3) is 5.91 Å². The molecule has 1 amide bonds. The first-order valence-corrected chi connectivity index (χ1v) is 8.22. The fraction of sp³-hybridized carbons (Fsp3) is 0.353. The minimum absolute atomic E-state index is 0.0177. The first-order valence-electron chi connectivity index (χ1n) is 7.43. The van der Waals surface area contributed by atoms with E-state index in [2.05, 4.69) is 15.9 Å². The van der Waals surface area contributed by atoms with Gasteiger partial charge in [-0.15, -0.1) is 0 Å². The lowest BCUT2D eigenvalue weighted by Crippen LogP contribution is -2.32. The molecule has 23 heavy (non-hydrogen) atoms. The highest BCUT2D eigenvalue weighted by Gasteiger charge is 2.16. The Balaban J connectivity index is 1.88. The second kappa shape index (κ2) is 8.06. The summed E-state index contributed by atoms with van der Waals surface area (Å²) >= 11 is 3.41. The third-order valence-corrected chi connectivity index (χ3v) is 3.96. The zero-order valence-corrected chi connectivity index (χ0v) is 15.2. The maximum Gasteiger partial charge on any atom is 0.270 e. The zero-order chi connectivity index (χ0) is 16.8. The van der Waals surface area contributed by atoms with Crippen molar-refractivity contribution in [3.8, 4) is 11.5 Å². The van der Waals surface area contributed by atoms with Crippen molar-refractivity contribution in [3.63, 3.8) is 0 Å². The number of amides is 1. The van der Waals surface area contributed by atoms with Crippen molar-refractivity contribution in [3.05, 3.63) is 46.7 Å². The van der Waals surface area contributed by atoms with Crippen LogP contribution in [0.4, 0.5) is 0 Å². The van der Waals surface area contributed by atoms with Crippen molar-refractivity contribution in [2.24, 2.45) is 0 Å². The second-order valence-corrected chi connectivity index (χ2v) is 6.00. The van der Waals surface area contributed by atoms with Gasteiger partial charge in [0.2, 0.25) is 0 Å². The van der Waals surface area contributed by atoms with Gasteiger partial charge >= 0.3 is 0 Å². The van der Waals surface area contributed by atoms with Gasteiger partial charge in [0.1, 0.15) is 23.8 Å². The molecule has 6 heteroatoms. The van der Waals surface area contributed by atoms with E-state index in [-0.39, 0.29) is 5.91 Å². The Morgan fingerprint density at radius 2 is 1.91 bits per heavy atom. The highest BCUT2D eigenvalue weighted by Crippen LogP contribution is 2.18. The lowest BCUT2D eigenvalue weighted by atomic mass is 10.3. The Hall–Kier alpha value is -1.95. The maximum absolute atomic E-state index is 12.5. The van der Waals surface area contributed by atoms with Gasteiger partial charge in [0.05, 0.1) is 13.7 Å². The average molecular weight is 381 g/mol. The first-order chi connectivity index (χ1) is 11.0. The highest BCUT2D eigenvalue weighted by molar-refractivity contribution is 9.10. The van der Waals surface area contributed by atoms with Crippen LogP contribution in [-0.2, 0) is 6.54 Å². The molecule has 0 fully saturated rings. The van der Waals surface area contributed by atoms with Crippen LogP contribution in [0.5, 0.6) is 11.5 Å². The number of ether oxygens (including phenoxy) is 2. The molecule has 5 nitrogen and oxygen atoms in total. The number of halogens is 1. The van der Waals surface area contributed by atoms with Crippen LogP contribution < -0.4 is 9.47 Å². The van der Waals surface area contributed by atoms with Gasteiger partial charge in [0, 0.05) is 24.3 Å². The van der Waals surface area contributed by atoms with Crippen LogP contribution in [0.1, 0.15) is 17.4 Å². The van der Waals surface area contributed by atoms with E-state index in [1.807, 2.05) is 48.0 Å². The largest absolute Gasteiger partial charge is 0.497 e. The van der Waals surface area contributed by atoms with E-state index < -0.39 is 0 Å². The van der Waals surface area contributed by atoms with Crippen LogP contribution in [0, 0.1) is 0 Å². The number of rotatable bonds is 7. The molecular weight excluding hydrogens is 360 g/mol. The van der Waals surface area contributed by atoms with Gasteiger partial charge in [-0.05, 0) is 53.2 Å². The summed E-state index contributed by atoms with van der Waals surface area (Å²) in [5.74, 6) is 1.53. The molecule has 1 aromatic carbocycles. The zero-order valence-electron chi connectivity index (χ0n) is 13.6. The number of methoxy groups -OCH3 is 1. The number of hydrogen-bond acceptors (Lipinski definition) is 3. The van der Waals surface area contributed by atoms with Crippen LogP contribution in [-0.4, -0.2) is 42.7 Å². The molecular formula is C17H21BrN2O3. The van der Waals surface area contributed by atoms with Crippen molar-refractivity contribution in [1.29, 1.82) is 0 Å². The Labute approximate surface area is 144 Å². The van der Waals surface area contributed by atoms with Crippen molar-refractivity contribution in [2.45, 2.75) is 13.5 Å². The van der Waals surface area contributed by atoms with E-state index in [0.717, 1.165) is 22.5 Å². The molecule has 2 rings (SSSR count). The van der Waals surface area contributed by atoms with Gasteiger partial charge in [0.15, 0.2) is 0 Å². The summed E-state index contributed by atoms with van der Waals surface area (Å²) in [6.07, 6.45) is 1.91. The number of likely N-dealkylation sites (N-methyl/N-ethyl adjacent to an activating group) is 1. The van der Waals surface area contributed by atoms with Crippen molar-refractivity contribution >= 4 is 21.8 Å². The van der Waals surface area contributed by atoms with Crippen molar-refractivity contribution < 1.29 is 14.3 Å². The number of carbonyl (C=O) groups is 1. The summed E-state index contributed by atoms with van der Waals surface area (Å²) in [4.78, 5) is 14.1. The number of nitrogens with zero attached hydrogens (tertiary/aromatic N) is 2. The fourth-order valence-electron chi connectivity index (χ4n) is 2.18.